The summed E-state index contributed by atoms with van der Waals surface area (Å²) in [7, 11) is 0. The van der Waals surface area contributed by atoms with Crippen molar-refractivity contribution in [1.82, 2.24) is 10.2 Å². The minimum atomic E-state index is -0.550. The fourth-order valence-electron chi connectivity index (χ4n) is 1.90. The molecule has 2 aromatic rings. The summed E-state index contributed by atoms with van der Waals surface area (Å²) in [5.41, 5.74) is 2.98. The summed E-state index contributed by atoms with van der Waals surface area (Å²) >= 11 is 0. The first-order valence-corrected chi connectivity index (χ1v) is 5.55. The maximum atomic E-state index is 13.1. The average Bonchev–Trinajstić information content (AvgIpc) is 2.67. The molecule has 0 aliphatic carbocycles. The minimum Gasteiger partial charge on any atom is -0.366 e. The summed E-state index contributed by atoms with van der Waals surface area (Å²) in [6.07, 6.45) is 0. The van der Waals surface area contributed by atoms with Gasteiger partial charge in [0.05, 0.1) is 11.8 Å². The maximum absolute atomic E-state index is 13.1. The SMILES string of the molecule is Cc1n[nH]c(C)c1C(C#N)Nc1cccc(F)c1. The molecule has 0 aliphatic rings. The lowest BCUT2D eigenvalue weighted by molar-refractivity contribution is 0.628. The van der Waals surface area contributed by atoms with Crippen molar-refractivity contribution in [2.45, 2.75) is 19.9 Å². The maximum Gasteiger partial charge on any atom is 0.143 e. The number of halogens is 1. The van der Waals surface area contributed by atoms with Gasteiger partial charge in [-0.25, -0.2) is 4.39 Å². The van der Waals surface area contributed by atoms with Gasteiger partial charge >= 0.3 is 0 Å². The van der Waals surface area contributed by atoms with Crippen molar-refractivity contribution >= 4 is 5.69 Å². The molecular weight excluding hydrogens is 231 g/mol. The van der Waals surface area contributed by atoms with Gasteiger partial charge in [-0.3, -0.25) is 5.10 Å². The van der Waals surface area contributed by atoms with Gasteiger partial charge in [0.1, 0.15) is 11.9 Å². The highest BCUT2D eigenvalue weighted by atomic mass is 19.1. The Morgan fingerprint density at radius 3 is 2.78 bits per heavy atom. The monoisotopic (exact) mass is 244 g/mol. The molecule has 0 aliphatic heterocycles. The number of aryl methyl sites for hydroxylation is 2. The second-order valence-electron chi connectivity index (χ2n) is 4.06. The molecule has 1 atom stereocenters. The summed E-state index contributed by atoms with van der Waals surface area (Å²) in [6, 6.07) is 7.65. The van der Waals surface area contributed by atoms with Gasteiger partial charge in [0.2, 0.25) is 0 Å². The molecule has 0 saturated heterocycles. The molecule has 4 nitrogen and oxygen atoms in total. The molecule has 1 aromatic carbocycles. The van der Waals surface area contributed by atoms with Crippen LogP contribution in [0.25, 0.3) is 0 Å². The first-order chi connectivity index (χ1) is 8.61. The lowest BCUT2D eigenvalue weighted by Crippen LogP contribution is -2.10. The number of aromatic nitrogens is 2. The Morgan fingerprint density at radius 2 is 2.22 bits per heavy atom. The lowest BCUT2D eigenvalue weighted by atomic mass is 10.1. The molecule has 0 spiro atoms. The number of hydrogen-bond acceptors (Lipinski definition) is 3. The van der Waals surface area contributed by atoms with Crippen LogP contribution in [0.3, 0.4) is 0 Å². The van der Waals surface area contributed by atoms with Crippen LogP contribution in [0.15, 0.2) is 24.3 Å². The number of nitrogens with zero attached hydrogens (tertiary/aromatic N) is 2. The zero-order valence-corrected chi connectivity index (χ0v) is 10.2. The molecule has 92 valence electrons. The predicted octanol–water partition coefficient (Wildman–Crippen LogP) is 2.84. The molecule has 1 unspecified atom stereocenters. The standard InChI is InChI=1S/C13H13FN4/c1-8-13(9(2)18-17-8)12(7-15)16-11-5-3-4-10(14)6-11/h3-6,12,16H,1-2H3,(H,17,18). The quantitative estimate of drug-likeness (QED) is 0.872. The van der Waals surface area contributed by atoms with Crippen LogP contribution in [0.2, 0.25) is 0 Å². The second kappa shape index (κ2) is 4.88. The van der Waals surface area contributed by atoms with Crippen LogP contribution >= 0.6 is 0 Å². The van der Waals surface area contributed by atoms with E-state index < -0.39 is 6.04 Å². The van der Waals surface area contributed by atoms with Gasteiger partial charge in [0.25, 0.3) is 0 Å². The van der Waals surface area contributed by atoms with E-state index >= 15 is 0 Å². The van der Waals surface area contributed by atoms with Crippen molar-refractivity contribution in [2.24, 2.45) is 0 Å². The zero-order chi connectivity index (χ0) is 13.1. The van der Waals surface area contributed by atoms with E-state index in [1.54, 1.807) is 12.1 Å². The Hall–Kier alpha value is -2.35. The Bertz CT molecular complexity index is 578. The van der Waals surface area contributed by atoms with Crippen LogP contribution < -0.4 is 5.32 Å². The highest BCUT2D eigenvalue weighted by molar-refractivity contribution is 5.48. The van der Waals surface area contributed by atoms with Crippen molar-refractivity contribution in [3.63, 3.8) is 0 Å². The van der Waals surface area contributed by atoms with Gasteiger partial charge in [-0.05, 0) is 32.0 Å². The molecule has 0 fully saturated rings. The number of hydrogen-bond donors (Lipinski definition) is 2. The molecule has 5 heteroatoms. The summed E-state index contributed by atoms with van der Waals surface area (Å²) in [6.45, 7) is 3.68. The Balaban J connectivity index is 2.29. The van der Waals surface area contributed by atoms with E-state index in [0.29, 0.717) is 5.69 Å². The van der Waals surface area contributed by atoms with Crippen LogP contribution in [0.4, 0.5) is 10.1 Å². The van der Waals surface area contributed by atoms with Gasteiger partial charge in [0.15, 0.2) is 0 Å². The fourth-order valence-corrected chi connectivity index (χ4v) is 1.90. The van der Waals surface area contributed by atoms with E-state index in [0.717, 1.165) is 17.0 Å². The van der Waals surface area contributed by atoms with E-state index in [9.17, 15) is 9.65 Å². The highest BCUT2D eigenvalue weighted by Gasteiger charge is 2.18. The number of rotatable bonds is 3. The van der Waals surface area contributed by atoms with Gasteiger partial charge < -0.3 is 5.32 Å². The second-order valence-corrected chi connectivity index (χ2v) is 4.06. The number of aromatic amines is 1. The molecule has 0 radical (unpaired) electrons. The smallest absolute Gasteiger partial charge is 0.143 e. The topological polar surface area (TPSA) is 64.5 Å². The minimum absolute atomic E-state index is 0.336. The van der Waals surface area contributed by atoms with E-state index in [-0.39, 0.29) is 5.82 Å². The van der Waals surface area contributed by atoms with Gasteiger partial charge in [-0.2, -0.15) is 10.4 Å². The lowest BCUT2D eigenvalue weighted by Gasteiger charge is -2.13. The molecule has 2 N–H and O–H groups in total. The summed E-state index contributed by atoms with van der Waals surface area (Å²) in [5, 5.41) is 19.1. The van der Waals surface area contributed by atoms with Crippen LogP contribution in [0.1, 0.15) is 23.0 Å². The van der Waals surface area contributed by atoms with Crippen molar-refractivity contribution in [3.05, 3.63) is 47.0 Å². The summed E-state index contributed by atoms with van der Waals surface area (Å²) in [5.74, 6) is -0.336. The summed E-state index contributed by atoms with van der Waals surface area (Å²) < 4.78 is 13.1. The normalized spacial score (nSPS) is 11.9. The molecular formula is C13H13FN4. The molecule has 2 rings (SSSR count). The Kier molecular flexibility index (Phi) is 3.28. The molecule has 0 bridgehead atoms. The summed E-state index contributed by atoms with van der Waals surface area (Å²) in [4.78, 5) is 0. The Morgan fingerprint density at radius 1 is 1.44 bits per heavy atom. The van der Waals surface area contributed by atoms with Gasteiger partial charge in [0, 0.05) is 16.9 Å². The van der Waals surface area contributed by atoms with Crippen molar-refractivity contribution < 1.29 is 4.39 Å². The number of H-pyrrole nitrogens is 1. The van der Waals surface area contributed by atoms with Crippen molar-refractivity contribution in [2.75, 3.05) is 5.32 Å². The van der Waals surface area contributed by atoms with Gasteiger partial charge in [-0.1, -0.05) is 6.07 Å². The van der Waals surface area contributed by atoms with Crippen LogP contribution in [0.5, 0.6) is 0 Å². The third kappa shape index (κ3) is 2.33. The molecule has 1 heterocycles. The largest absolute Gasteiger partial charge is 0.366 e. The van der Waals surface area contributed by atoms with Crippen molar-refractivity contribution in [1.29, 1.82) is 5.26 Å². The van der Waals surface area contributed by atoms with E-state index in [1.807, 2.05) is 13.8 Å². The van der Waals surface area contributed by atoms with Crippen LogP contribution in [-0.2, 0) is 0 Å². The average molecular weight is 244 g/mol. The molecule has 0 amide bonds. The van der Waals surface area contributed by atoms with Crippen LogP contribution in [0, 0.1) is 31.0 Å². The van der Waals surface area contributed by atoms with Crippen LogP contribution in [-0.4, -0.2) is 10.2 Å². The first-order valence-electron chi connectivity index (χ1n) is 5.55. The third-order valence-corrected chi connectivity index (χ3v) is 2.74. The van der Waals surface area contributed by atoms with Crippen molar-refractivity contribution in [3.8, 4) is 6.07 Å². The van der Waals surface area contributed by atoms with E-state index in [2.05, 4.69) is 21.6 Å². The molecule has 18 heavy (non-hydrogen) atoms. The first kappa shape index (κ1) is 12.1. The number of benzene rings is 1. The third-order valence-electron chi connectivity index (χ3n) is 2.74. The number of nitriles is 1. The number of anilines is 1. The predicted molar refractivity (Wildman–Crippen MR) is 66.4 cm³/mol. The zero-order valence-electron chi connectivity index (χ0n) is 10.2. The fraction of sp³-hybridized carbons (Fsp3) is 0.231. The molecule has 1 aromatic heterocycles. The Labute approximate surface area is 104 Å². The van der Waals surface area contributed by atoms with E-state index in [4.69, 9.17) is 0 Å². The van der Waals surface area contributed by atoms with E-state index in [1.165, 1.54) is 12.1 Å². The molecule has 0 saturated carbocycles. The number of nitrogens with one attached hydrogen (secondary N) is 2. The van der Waals surface area contributed by atoms with Gasteiger partial charge in [-0.15, -0.1) is 0 Å². The highest BCUT2D eigenvalue weighted by Crippen LogP contribution is 2.23.